The third kappa shape index (κ3) is 2.32. The lowest BCUT2D eigenvalue weighted by molar-refractivity contribution is -0.155. The zero-order valence-electron chi connectivity index (χ0n) is 11.4. The Morgan fingerprint density at radius 2 is 1.95 bits per heavy atom. The molecule has 5 heteroatoms. The maximum Gasteiger partial charge on any atom is 0.246 e. The Hall–Kier alpha value is -1.11. The van der Waals surface area contributed by atoms with Gasteiger partial charge in [0.1, 0.15) is 5.54 Å². The summed E-state index contributed by atoms with van der Waals surface area (Å²) in [6, 6.07) is 8.10. The van der Waals surface area contributed by atoms with Crippen LogP contribution in [0.5, 0.6) is 0 Å². The first kappa shape index (κ1) is 13.9. The van der Waals surface area contributed by atoms with Crippen molar-refractivity contribution in [1.29, 1.82) is 0 Å². The van der Waals surface area contributed by atoms with E-state index in [2.05, 4.69) is 27.9 Å². The van der Waals surface area contributed by atoms with E-state index in [1.807, 2.05) is 31.2 Å². The van der Waals surface area contributed by atoms with Crippen molar-refractivity contribution in [1.82, 2.24) is 10.2 Å². The number of hydrogen-bond donors (Lipinski definition) is 1. The largest absolute Gasteiger partial charge is 0.345 e. The first-order chi connectivity index (χ1) is 9.51. The average Bonchev–Trinajstić information content (AvgIpc) is 3.26. The molecular formula is C15H17IN2O2. The third-order valence-corrected chi connectivity index (χ3v) is 5.07. The van der Waals surface area contributed by atoms with E-state index >= 15 is 0 Å². The molecule has 0 radical (unpaired) electrons. The zero-order chi connectivity index (χ0) is 14.3. The molecule has 1 saturated heterocycles. The maximum atomic E-state index is 12.3. The fourth-order valence-electron chi connectivity index (χ4n) is 2.89. The van der Waals surface area contributed by atoms with Crippen LogP contribution >= 0.6 is 22.6 Å². The van der Waals surface area contributed by atoms with Gasteiger partial charge in [0.25, 0.3) is 0 Å². The van der Waals surface area contributed by atoms with Crippen molar-refractivity contribution in [3.05, 3.63) is 33.4 Å². The summed E-state index contributed by atoms with van der Waals surface area (Å²) in [5.41, 5.74) is 0.388. The molecule has 1 unspecified atom stereocenters. The van der Waals surface area contributed by atoms with Crippen molar-refractivity contribution in [2.75, 3.05) is 6.54 Å². The van der Waals surface area contributed by atoms with E-state index < -0.39 is 5.54 Å². The molecule has 1 aromatic carbocycles. The molecule has 1 aliphatic heterocycles. The number of halogens is 1. The molecular weight excluding hydrogens is 367 g/mol. The van der Waals surface area contributed by atoms with Gasteiger partial charge in [-0.3, -0.25) is 9.59 Å². The van der Waals surface area contributed by atoms with Gasteiger partial charge >= 0.3 is 0 Å². The minimum absolute atomic E-state index is 0.00916. The zero-order valence-corrected chi connectivity index (χ0v) is 13.5. The van der Waals surface area contributed by atoms with Gasteiger partial charge in [0, 0.05) is 10.1 Å². The Balaban J connectivity index is 1.89. The van der Waals surface area contributed by atoms with Gasteiger partial charge in [-0.05, 0) is 66.0 Å². The number of nitrogens with one attached hydrogen (secondary N) is 1. The molecule has 2 amide bonds. The number of carbonyl (C=O) groups excluding carboxylic acids is 2. The van der Waals surface area contributed by atoms with Crippen LogP contribution in [0.25, 0.3) is 0 Å². The fourth-order valence-corrected chi connectivity index (χ4v) is 3.25. The summed E-state index contributed by atoms with van der Waals surface area (Å²) in [6.45, 7) is 2.53. The van der Waals surface area contributed by atoms with Gasteiger partial charge in [0.15, 0.2) is 0 Å². The highest BCUT2D eigenvalue weighted by atomic mass is 127. The lowest BCUT2D eigenvalue weighted by atomic mass is 9.89. The Kier molecular flexibility index (Phi) is 3.48. The van der Waals surface area contributed by atoms with E-state index in [0.29, 0.717) is 12.5 Å². The molecule has 1 saturated carbocycles. The molecule has 1 aliphatic carbocycles. The first-order valence-corrected chi connectivity index (χ1v) is 7.93. The highest BCUT2D eigenvalue weighted by Gasteiger charge is 2.54. The molecule has 1 heterocycles. The van der Waals surface area contributed by atoms with E-state index in [4.69, 9.17) is 0 Å². The molecule has 4 nitrogen and oxygen atoms in total. The fraction of sp³-hybridized carbons (Fsp3) is 0.467. The maximum absolute atomic E-state index is 12.3. The van der Waals surface area contributed by atoms with Crippen LogP contribution in [0.4, 0.5) is 0 Å². The van der Waals surface area contributed by atoms with Crippen LogP contribution in [0.2, 0.25) is 0 Å². The molecule has 1 N–H and O–H groups in total. The summed E-state index contributed by atoms with van der Waals surface area (Å²) < 4.78 is 1.17. The van der Waals surface area contributed by atoms with Crippen molar-refractivity contribution in [3.63, 3.8) is 0 Å². The third-order valence-electron chi connectivity index (χ3n) is 4.35. The van der Waals surface area contributed by atoms with E-state index in [9.17, 15) is 9.59 Å². The van der Waals surface area contributed by atoms with E-state index in [0.717, 1.165) is 18.4 Å². The van der Waals surface area contributed by atoms with Crippen LogP contribution in [0, 0.1) is 9.49 Å². The molecule has 20 heavy (non-hydrogen) atoms. The molecule has 1 atom stereocenters. The molecule has 1 aromatic rings. The Morgan fingerprint density at radius 3 is 2.55 bits per heavy atom. The Bertz CT molecular complexity index is 553. The van der Waals surface area contributed by atoms with Crippen molar-refractivity contribution in [2.24, 2.45) is 5.92 Å². The second-order valence-corrected chi connectivity index (χ2v) is 6.96. The van der Waals surface area contributed by atoms with E-state index in [1.165, 1.54) is 3.57 Å². The summed E-state index contributed by atoms with van der Waals surface area (Å²) in [7, 11) is 0. The molecule has 3 rings (SSSR count). The van der Waals surface area contributed by atoms with Gasteiger partial charge in [-0.2, -0.15) is 0 Å². The lowest BCUT2D eigenvalue weighted by Crippen LogP contribution is -2.66. The Labute approximate surface area is 132 Å². The second-order valence-electron chi connectivity index (χ2n) is 5.71. The van der Waals surface area contributed by atoms with Gasteiger partial charge in [-0.1, -0.05) is 12.1 Å². The summed E-state index contributed by atoms with van der Waals surface area (Å²) >= 11 is 2.26. The van der Waals surface area contributed by atoms with Gasteiger partial charge in [-0.25, -0.2) is 0 Å². The topological polar surface area (TPSA) is 49.4 Å². The first-order valence-electron chi connectivity index (χ1n) is 6.85. The molecule has 0 aromatic heterocycles. The minimum atomic E-state index is -0.682. The van der Waals surface area contributed by atoms with Crippen LogP contribution < -0.4 is 5.32 Å². The van der Waals surface area contributed by atoms with Gasteiger partial charge < -0.3 is 10.2 Å². The van der Waals surface area contributed by atoms with Crippen molar-refractivity contribution >= 4 is 34.4 Å². The monoisotopic (exact) mass is 384 g/mol. The number of carbonyl (C=O) groups is 2. The van der Waals surface area contributed by atoms with Crippen LogP contribution in [0.1, 0.15) is 25.3 Å². The van der Waals surface area contributed by atoms with Crippen LogP contribution in [0.3, 0.4) is 0 Å². The van der Waals surface area contributed by atoms with E-state index in [-0.39, 0.29) is 18.4 Å². The highest BCUT2D eigenvalue weighted by Crippen LogP contribution is 2.44. The summed E-state index contributed by atoms with van der Waals surface area (Å²) in [5.74, 6) is 0.304. The number of amides is 2. The van der Waals surface area contributed by atoms with Crippen molar-refractivity contribution in [2.45, 2.75) is 31.8 Å². The van der Waals surface area contributed by atoms with E-state index in [1.54, 1.807) is 4.90 Å². The van der Waals surface area contributed by atoms with Crippen LogP contribution in [-0.4, -0.2) is 28.8 Å². The molecule has 2 aliphatic rings. The SMILES string of the molecule is CC1(C2CC2)C(=O)NCC(=O)N1Cc1ccc(I)cc1. The molecule has 0 spiro atoms. The summed E-state index contributed by atoms with van der Waals surface area (Å²) in [6.07, 6.45) is 2.06. The standard InChI is InChI=1S/C15H17IN2O2/c1-15(11-4-5-11)14(20)17-8-13(19)18(15)9-10-2-6-12(16)7-3-10/h2-3,6-7,11H,4-5,8-9H2,1H3,(H,17,20). The number of rotatable bonds is 3. The smallest absolute Gasteiger partial charge is 0.246 e. The number of hydrogen-bond acceptors (Lipinski definition) is 2. The summed E-state index contributed by atoms with van der Waals surface area (Å²) in [4.78, 5) is 26.3. The molecule has 0 bridgehead atoms. The van der Waals surface area contributed by atoms with Crippen LogP contribution in [0.15, 0.2) is 24.3 Å². The number of benzene rings is 1. The second kappa shape index (κ2) is 5.02. The molecule has 2 fully saturated rings. The summed E-state index contributed by atoms with van der Waals surface area (Å²) in [5, 5.41) is 2.74. The number of piperazine rings is 1. The van der Waals surface area contributed by atoms with Crippen molar-refractivity contribution < 1.29 is 9.59 Å². The van der Waals surface area contributed by atoms with Gasteiger partial charge in [0.05, 0.1) is 6.54 Å². The Morgan fingerprint density at radius 1 is 1.30 bits per heavy atom. The predicted octanol–water partition coefficient (Wildman–Crippen LogP) is 1.92. The van der Waals surface area contributed by atoms with Gasteiger partial charge in [-0.15, -0.1) is 0 Å². The predicted molar refractivity (Wildman–Crippen MR) is 83.8 cm³/mol. The minimum Gasteiger partial charge on any atom is -0.345 e. The number of nitrogens with zero attached hydrogens (tertiary/aromatic N) is 1. The normalized spacial score (nSPS) is 26.6. The average molecular weight is 384 g/mol. The lowest BCUT2D eigenvalue weighted by Gasteiger charge is -2.44. The van der Waals surface area contributed by atoms with Gasteiger partial charge in [0.2, 0.25) is 11.8 Å². The molecule has 106 valence electrons. The van der Waals surface area contributed by atoms with Crippen LogP contribution in [-0.2, 0) is 16.1 Å². The highest BCUT2D eigenvalue weighted by molar-refractivity contribution is 14.1. The van der Waals surface area contributed by atoms with Crippen molar-refractivity contribution in [3.8, 4) is 0 Å². The quantitative estimate of drug-likeness (QED) is 0.810.